The molecule has 2 unspecified atom stereocenters. The first kappa shape index (κ1) is 15.5. The molecular formula is C17H23NO3. The van der Waals surface area contributed by atoms with Crippen molar-refractivity contribution < 1.29 is 14.7 Å². The zero-order chi connectivity index (χ0) is 15.4. The van der Waals surface area contributed by atoms with Gasteiger partial charge in [-0.25, -0.2) is 0 Å². The Bertz CT molecular complexity index is 525. The van der Waals surface area contributed by atoms with Gasteiger partial charge in [-0.15, -0.1) is 0 Å². The highest BCUT2D eigenvalue weighted by atomic mass is 16.4. The molecule has 1 aliphatic heterocycles. The number of carbonyl (C=O) groups is 2. The summed E-state index contributed by atoms with van der Waals surface area (Å²) < 4.78 is 0. The van der Waals surface area contributed by atoms with Crippen molar-refractivity contribution in [2.45, 2.75) is 45.6 Å². The molecule has 1 amide bonds. The van der Waals surface area contributed by atoms with Crippen molar-refractivity contribution in [3.8, 4) is 0 Å². The second-order valence-corrected chi connectivity index (χ2v) is 5.51. The maximum Gasteiger partial charge on any atom is 0.308 e. The third-order valence-electron chi connectivity index (χ3n) is 4.36. The van der Waals surface area contributed by atoms with Gasteiger partial charge in [-0.2, -0.15) is 0 Å². The van der Waals surface area contributed by atoms with E-state index in [4.69, 9.17) is 0 Å². The molecule has 0 bridgehead atoms. The van der Waals surface area contributed by atoms with Gasteiger partial charge in [-0.3, -0.25) is 9.59 Å². The lowest BCUT2D eigenvalue weighted by atomic mass is 9.86. The quantitative estimate of drug-likeness (QED) is 0.927. The summed E-state index contributed by atoms with van der Waals surface area (Å²) in [4.78, 5) is 25.8. The number of nitrogens with zero attached hydrogens (tertiary/aromatic N) is 1. The van der Waals surface area contributed by atoms with Crippen LogP contribution in [0.2, 0.25) is 0 Å². The number of aliphatic carboxylic acids is 1. The molecule has 0 radical (unpaired) electrons. The molecule has 1 aromatic rings. The van der Waals surface area contributed by atoms with Crippen LogP contribution in [-0.2, 0) is 16.0 Å². The summed E-state index contributed by atoms with van der Waals surface area (Å²) in [6.45, 7) is 4.53. The highest BCUT2D eigenvalue weighted by Crippen LogP contribution is 2.37. The molecule has 1 heterocycles. The smallest absolute Gasteiger partial charge is 0.308 e. The van der Waals surface area contributed by atoms with Crippen LogP contribution in [0.15, 0.2) is 24.3 Å². The molecule has 1 aliphatic rings. The van der Waals surface area contributed by atoms with Gasteiger partial charge in [-0.05, 0) is 37.3 Å². The van der Waals surface area contributed by atoms with Gasteiger partial charge in [0.25, 0.3) is 0 Å². The van der Waals surface area contributed by atoms with Crippen LogP contribution in [0.5, 0.6) is 0 Å². The fourth-order valence-electron chi connectivity index (χ4n) is 3.31. The summed E-state index contributed by atoms with van der Waals surface area (Å²) in [6.07, 6.45) is 2.49. The van der Waals surface area contributed by atoms with Gasteiger partial charge < -0.3 is 10.0 Å². The van der Waals surface area contributed by atoms with Crippen LogP contribution in [0.1, 0.15) is 50.3 Å². The van der Waals surface area contributed by atoms with E-state index in [1.165, 1.54) is 0 Å². The first-order valence-electron chi connectivity index (χ1n) is 7.70. The standard InChI is InChI=1S/C17H23NO3/c1-3-12-8-5-6-9-13(12)16-14(17(20)21)10-7-11-15(19)18(16)4-2/h5-6,8-9,14,16H,3-4,7,10-11H2,1-2H3,(H,20,21). The number of rotatable bonds is 4. The van der Waals surface area contributed by atoms with Crippen molar-refractivity contribution >= 4 is 11.9 Å². The van der Waals surface area contributed by atoms with E-state index < -0.39 is 11.9 Å². The predicted octanol–water partition coefficient (Wildman–Crippen LogP) is 3.02. The molecule has 4 heteroatoms. The van der Waals surface area contributed by atoms with Gasteiger partial charge in [0, 0.05) is 13.0 Å². The Balaban J connectivity index is 2.54. The zero-order valence-electron chi connectivity index (χ0n) is 12.7. The Kier molecular flexibility index (Phi) is 4.99. The molecule has 1 N–H and O–H groups in total. The Morgan fingerprint density at radius 3 is 2.67 bits per heavy atom. The molecule has 0 spiro atoms. The Morgan fingerprint density at radius 1 is 1.33 bits per heavy atom. The Hall–Kier alpha value is -1.84. The summed E-state index contributed by atoms with van der Waals surface area (Å²) in [7, 11) is 0. The summed E-state index contributed by atoms with van der Waals surface area (Å²) in [5.41, 5.74) is 2.12. The van der Waals surface area contributed by atoms with Crippen molar-refractivity contribution in [3.63, 3.8) is 0 Å². The lowest BCUT2D eigenvalue weighted by Crippen LogP contribution is -2.39. The van der Waals surface area contributed by atoms with Crippen LogP contribution in [0.25, 0.3) is 0 Å². The molecule has 0 aromatic heterocycles. The number of hydrogen-bond donors (Lipinski definition) is 1. The molecule has 0 saturated carbocycles. The van der Waals surface area contributed by atoms with Crippen LogP contribution in [-0.4, -0.2) is 28.4 Å². The van der Waals surface area contributed by atoms with E-state index in [1.807, 2.05) is 31.2 Å². The van der Waals surface area contributed by atoms with Crippen molar-refractivity contribution in [2.75, 3.05) is 6.54 Å². The minimum absolute atomic E-state index is 0.0668. The zero-order valence-corrected chi connectivity index (χ0v) is 12.7. The SMILES string of the molecule is CCc1ccccc1C1C(C(=O)O)CCCC(=O)N1CC. The lowest BCUT2D eigenvalue weighted by Gasteiger charge is -2.34. The Labute approximate surface area is 125 Å². The minimum Gasteiger partial charge on any atom is -0.481 e. The first-order valence-corrected chi connectivity index (χ1v) is 7.70. The summed E-state index contributed by atoms with van der Waals surface area (Å²) in [6, 6.07) is 7.54. The molecule has 1 aromatic carbocycles. The van der Waals surface area contributed by atoms with E-state index in [0.29, 0.717) is 25.8 Å². The monoisotopic (exact) mass is 289 g/mol. The molecular weight excluding hydrogens is 266 g/mol. The second kappa shape index (κ2) is 6.74. The maximum absolute atomic E-state index is 12.3. The van der Waals surface area contributed by atoms with Crippen molar-refractivity contribution in [1.82, 2.24) is 4.90 Å². The average molecular weight is 289 g/mol. The molecule has 4 nitrogen and oxygen atoms in total. The number of carbonyl (C=O) groups excluding carboxylic acids is 1. The highest BCUT2D eigenvalue weighted by molar-refractivity contribution is 5.80. The summed E-state index contributed by atoms with van der Waals surface area (Å²) in [5, 5.41) is 9.62. The number of aryl methyl sites for hydroxylation is 1. The van der Waals surface area contributed by atoms with Crippen LogP contribution < -0.4 is 0 Å². The van der Waals surface area contributed by atoms with Crippen LogP contribution >= 0.6 is 0 Å². The van der Waals surface area contributed by atoms with Gasteiger partial charge in [0.2, 0.25) is 5.91 Å². The van der Waals surface area contributed by atoms with Crippen LogP contribution in [0.4, 0.5) is 0 Å². The topological polar surface area (TPSA) is 57.6 Å². The molecule has 1 saturated heterocycles. The molecule has 2 atom stereocenters. The number of carboxylic acids is 1. The fourth-order valence-corrected chi connectivity index (χ4v) is 3.31. The van der Waals surface area contributed by atoms with E-state index in [-0.39, 0.29) is 11.9 Å². The van der Waals surface area contributed by atoms with Crippen molar-refractivity contribution in [3.05, 3.63) is 35.4 Å². The van der Waals surface area contributed by atoms with Gasteiger partial charge in [0.05, 0.1) is 12.0 Å². The minimum atomic E-state index is -0.806. The molecule has 1 fully saturated rings. The average Bonchev–Trinajstić information content (AvgIpc) is 2.65. The lowest BCUT2D eigenvalue weighted by molar-refractivity contribution is -0.146. The molecule has 21 heavy (non-hydrogen) atoms. The van der Waals surface area contributed by atoms with Crippen LogP contribution in [0.3, 0.4) is 0 Å². The summed E-state index contributed by atoms with van der Waals surface area (Å²) >= 11 is 0. The normalized spacial score (nSPS) is 23.0. The van der Waals surface area contributed by atoms with Gasteiger partial charge >= 0.3 is 5.97 Å². The van der Waals surface area contributed by atoms with Crippen molar-refractivity contribution in [1.29, 1.82) is 0 Å². The van der Waals surface area contributed by atoms with E-state index in [9.17, 15) is 14.7 Å². The van der Waals surface area contributed by atoms with E-state index >= 15 is 0 Å². The third kappa shape index (κ3) is 3.09. The predicted molar refractivity (Wildman–Crippen MR) is 80.9 cm³/mol. The maximum atomic E-state index is 12.3. The number of likely N-dealkylation sites (tertiary alicyclic amines) is 1. The highest BCUT2D eigenvalue weighted by Gasteiger charge is 2.38. The first-order chi connectivity index (χ1) is 10.1. The number of amides is 1. The summed E-state index contributed by atoms with van der Waals surface area (Å²) in [5.74, 6) is -1.26. The van der Waals surface area contributed by atoms with E-state index in [2.05, 4.69) is 6.92 Å². The van der Waals surface area contributed by atoms with E-state index in [0.717, 1.165) is 17.5 Å². The van der Waals surface area contributed by atoms with Crippen molar-refractivity contribution in [2.24, 2.45) is 5.92 Å². The van der Waals surface area contributed by atoms with E-state index in [1.54, 1.807) is 4.90 Å². The largest absolute Gasteiger partial charge is 0.481 e. The number of carboxylic acid groups (broad SMARTS) is 1. The third-order valence-corrected chi connectivity index (χ3v) is 4.36. The van der Waals surface area contributed by atoms with Gasteiger partial charge in [0.1, 0.15) is 0 Å². The fraction of sp³-hybridized carbons (Fsp3) is 0.529. The Morgan fingerprint density at radius 2 is 2.05 bits per heavy atom. The number of hydrogen-bond acceptors (Lipinski definition) is 2. The second-order valence-electron chi connectivity index (χ2n) is 5.51. The van der Waals surface area contributed by atoms with Crippen LogP contribution in [0, 0.1) is 5.92 Å². The molecule has 2 rings (SSSR count). The number of benzene rings is 1. The van der Waals surface area contributed by atoms with Gasteiger partial charge in [-0.1, -0.05) is 31.2 Å². The molecule has 0 aliphatic carbocycles. The van der Waals surface area contributed by atoms with Gasteiger partial charge in [0.15, 0.2) is 0 Å². The molecule has 114 valence electrons.